The van der Waals surface area contributed by atoms with Crippen LogP contribution in [0, 0.1) is 5.41 Å². The lowest BCUT2D eigenvalue weighted by atomic mass is 9.87. The third-order valence-corrected chi connectivity index (χ3v) is 3.49. The van der Waals surface area contributed by atoms with Gasteiger partial charge in [0.2, 0.25) is 0 Å². The molecule has 0 bridgehead atoms. The summed E-state index contributed by atoms with van der Waals surface area (Å²) in [6.07, 6.45) is 0.277. The van der Waals surface area contributed by atoms with Crippen LogP contribution in [0.25, 0.3) is 0 Å². The van der Waals surface area contributed by atoms with Gasteiger partial charge in [-0.25, -0.2) is 4.79 Å². The molecule has 0 aliphatic carbocycles. The first-order valence-electron chi connectivity index (χ1n) is 7.53. The zero-order chi connectivity index (χ0) is 16.8. The first-order chi connectivity index (χ1) is 10.2. The van der Waals surface area contributed by atoms with Gasteiger partial charge in [-0.1, -0.05) is 26.0 Å². The van der Waals surface area contributed by atoms with Crippen molar-refractivity contribution < 1.29 is 14.6 Å². The minimum absolute atomic E-state index is 0.116. The van der Waals surface area contributed by atoms with E-state index in [0.717, 1.165) is 11.3 Å². The van der Waals surface area contributed by atoms with Gasteiger partial charge in [0.25, 0.3) is 0 Å². The normalized spacial score (nSPS) is 12.6. The quantitative estimate of drug-likeness (QED) is 0.814. The van der Waals surface area contributed by atoms with Crippen LogP contribution in [0.4, 0.5) is 4.79 Å². The lowest BCUT2D eigenvalue weighted by Crippen LogP contribution is -2.42. The number of carbonyl (C=O) groups excluding carboxylic acids is 1. The van der Waals surface area contributed by atoms with Gasteiger partial charge in [-0.05, 0) is 36.5 Å². The van der Waals surface area contributed by atoms with Crippen LogP contribution in [0.1, 0.15) is 32.8 Å². The van der Waals surface area contributed by atoms with Gasteiger partial charge in [0.15, 0.2) is 0 Å². The van der Waals surface area contributed by atoms with Crippen molar-refractivity contribution in [1.29, 1.82) is 0 Å². The standard InChI is InChI=1S/C17H28N2O3/c1-13(20)10-17(2,3)12-18-16(21)19(4)11-14-6-8-15(22-5)9-7-14/h6-9,13,20H,10-12H2,1-5H3,(H,18,21). The maximum absolute atomic E-state index is 12.1. The summed E-state index contributed by atoms with van der Waals surface area (Å²) in [6, 6.07) is 7.54. The molecule has 1 unspecified atom stereocenters. The van der Waals surface area contributed by atoms with Gasteiger partial charge in [-0.2, -0.15) is 0 Å². The SMILES string of the molecule is COc1ccc(CN(C)C(=O)NCC(C)(C)CC(C)O)cc1. The molecule has 5 nitrogen and oxygen atoms in total. The molecule has 0 aliphatic heterocycles. The molecule has 0 heterocycles. The first kappa shape index (κ1) is 18.3. The second-order valence-electron chi connectivity index (χ2n) is 6.58. The highest BCUT2D eigenvalue weighted by atomic mass is 16.5. The maximum atomic E-state index is 12.1. The van der Waals surface area contributed by atoms with E-state index in [-0.39, 0.29) is 17.6 Å². The Hall–Kier alpha value is -1.75. The molecule has 0 radical (unpaired) electrons. The number of ether oxygens (including phenoxy) is 1. The lowest BCUT2D eigenvalue weighted by molar-refractivity contribution is 0.127. The number of hydrogen-bond acceptors (Lipinski definition) is 3. The zero-order valence-electron chi connectivity index (χ0n) is 14.2. The fraction of sp³-hybridized carbons (Fsp3) is 0.588. The molecule has 0 saturated heterocycles. The summed E-state index contributed by atoms with van der Waals surface area (Å²) in [5.74, 6) is 0.802. The molecule has 0 saturated carbocycles. The van der Waals surface area contributed by atoms with Gasteiger partial charge in [0.1, 0.15) is 5.75 Å². The molecule has 22 heavy (non-hydrogen) atoms. The molecule has 1 atom stereocenters. The van der Waals surface area contributed by atoms with Crippen molar-refractivity contribution in [2.24, 2.45) is 5.41 Å². The summed E-state index contributed by atoms with van der Waals surface area (Å²) >= 11 is 0. The van der Waals surface area contributed by atoms with E-state index in [1.54, 1.807) is 26.0 Å². The van der Waals surface area contributed by atoms with Crippen LogP contribution in [0.2, 0.25) is 0 Å². The number of carbonyl (C=O) groups is 1. The second-order valence-corrected chi connectivity index (χ2v) is 6.58. The van der Waals surface area contributed by atoms with Gasteiger partial charge >= 0.3 is 6.03 Å². The van der Waals surface area contributed by atoms with Crippen molar-refractivity contribution in [2.75, 3.05) is 20.7 Å². The van der Waals surface area contributed by atoms with Crippen LogP contribution in [0.5, 0.6) is 5.75 Å². The number of benzene rings is 1. The molecule has 2 N–H and O–H groups in total. The maximum Gasteiger partial charge on any atom is 0.317 e. The Morgan fingerprint density at radius 3 is 2.45 bits per heavy atom. The van der Waals surface area contributed by atoms with Crippen LogP contribution < -0.4 is 10.1 Å². The number of aliphatic hydroxyl groups is 1. The van der Waals surface area contributed by atoms with Crippen LogP contribution in [0.3, 0.4) is 0 Å². The van der Waals surface area contributed by atoms with Crippen LogP contribution in [-0.2, 0) is 6.54 Å². The number of methoxy groups -OCH3 is 1. The van der Waals surface area contributed by atoms with Gasteiger partial charge in [0, 0.05) is 20.1 Å². The summed E-state index contributed by atoms with van der Waals surface area (Å²) in [5.41, 5.74) is 0.909. The van der Waals surface area contributed by atoms with Crippen LogP contribution >= 0.6 is 0 Å². The third kappa shape index (κ3) is 6.35. The number of aliphatic hydroxyl groups excluding tert-OH is 1. The Morgan fingerprint density at radius 1 is 1.36 bits per heavy atom. The van der Waals surface area contributed by atoms with Gasteiger partial charge in [0.05, 0.1) is 13.2 Å². The Morgan fingerprint density at radius 2 is 1.95 bits per heavy atom. The first-order valence-corrected chi connectivity index (χ1v) is 7.53. The smallest absolute Gasteiger partial charge is 0.317 e. The van der Waals surface area contributed by atoms with E-state index in [2.05, 4.69) is 5.32 Å². The average molecular weight is 308 g/mol. The third-order valence-electron chi connectivity index (χ3n) is 3.49. The Bertz CT molecular complexity index is 469. The van der Waals surface area contributed by atoms with E-state index in [1.165, 1.54) is 0 Å². The minimum Gasteiger partial charge on any atom is -0.497 e. The summed E-state index contributed by atoms with van der Waals surface area (Å²) in [5, 5.41) is 12.4. The van der Waals surface area contributed by atoms with Crippen molar-refractivity contribution in [3.05, 3.63) is 29.8 Å². The predicted octanol–water partition coefficient (Wildman–Crippen LogP) is 2.63. The van der Waals surface area contributed by atoms with E-state index in [9.17, 15) is 9.90 Å². The number of nitrogens with one attached hydrogen (secondary N) is 1. The largest absolute Gasteiger partial charge is 0.497 e. The monoisotopic (exact) mass is 308 g/mol. The van der Waals surface area contributed by atoms with E-state index >= 15 is 0 Å². The van der Waals surface area contributed by atoms with Crippen LogP contribution in [-0.4, -0.2) is 42.8 Å². The number of rotatable bonds is 7. The Labute approximate surface area is 133 Å². The fourth-order valence-electron chi connectivity index (χ4n) is 2.40. The molecule has 1 aromatic rings. The Kier molecular flexibility index (Phi) is 6.68. The van der Waals surface area contributed by atoms with Crippen molar-refractivity contribution in [3.8, 4) is 5.75 Å². The second kappa shape index (κ2) is 8.03. The average Bonchev–Trinajstić information content (AvgIpc) is 2.44. The molecule has 5 heteroatoms. The Balaban J connectivity index is 2.47. The highest BCUT2D eigenvalue weighted by Crippen LogP contribution is 2.21. The van der Waals surface area contributed by atoms with Crippen molar-refractivity contribution >= 4 is 6.03 Å². The fourth-order valence-corrected chi connectivity index (χ4v) is 2.40. The topological polar surface area (TPSA) is 61.8 Å². The molecule has 0 aromatic heterocycles. The molecule has 1 rings (SSSR count). The minimum atomic E-state index is -0.371. The van der Waals surface area contributed by atoms with E-state index in [0.29, 0.717) is 19.5 Å². The molecular weight excluding hydrogens is 280 g/mol. The van der Waals surface area contributed by atoms with Crippen LogP contribution in [0.15, 0.2) is 24.3 Å². The molecule has 0 spiro atoms. The molecular formula is C17H28N2O3. The molecule has 2 amide bonds. The summed E-state index contributed by atoms with van der Waals surface area (Å²) < 4.78 is 5.12. The number of nitrogens with zero attached hydrogens (tertiary/aromatic N) is 1. The highest BCUT2D eigenvalue weighted by Gasteiger charge is 2.21. The van der Waals surface area contributed by atoms with Crippen molar-refractivity contribution in [1.82, 2.24) is 10.2 Å². The van der Waals surface area contributed by atoms with Crippen molar-refractivity contribution in [3.63, 3.8) is 0 Å². The predicted molar refractivity (Wildman–Crippen MR) is 87.9 cm³/mol. The zero-order valence-corrected chi connectivity index (χ0v) is 14.2. The number of hydrogen-bond donors (Lipinski definition) is 2. The summed E-state index contributed by atoms with van der Waals surface area (Å²) in [4.78, 5) is 13.8. The summed E-state index contributed by atoms with van der Waals surface area (Å²) in [7, 11) is 3.39. The summed E-state index contributed by atoms with van der Waals surface area (Å²) in [6.45, 7) is 6.89. The van der Waals surface area contributed by atoms with E-state index in [1.807, 2.05) is 38.1 Å². The lowest BCUT2D eigenvalue weighted by Gasteiger charge is -2.28. The van der Waals surface area contributed by atoms with Gasteiger partial charge in [-0.3, -0.25) is 0 Å². The number of amides is 2. The molecule has 0 fully saturated rings. The van der Waals surface area contributed by atoms with Gasteiger partial charge in [-0.15, -0.1) is 0 Å². The van der Waals surface area contributed by atoms with E-state index < -0.39 is 0 Å². The van der Waals surface area contributed by atoms with E-state index in [4.69, 9.17) is 4.74 Å². The van der Waals surface area contributed by atoms with Gasteiger partial charge < -0.3 is 20.1 Å². The highest BCUT2D eigenvalue weighted by molar-refractivity contribution is 5.73. The molecule has 1 aromatic carbocycles. The van der Waals surface area contributed by atoms with Crippen molar-refractivity contribution in [2.45, 2.75) is 39.8 Å². The molecule has 124 valence electrons. The molecule has 0 aliphatic rings. The number of urea groups is 1.